The molecule has 2 atom stereocenters. The van der Waals surface area contributed by atoms with Crippen LogP contribution in [0.4, 0.5) is 15.4 Å². The lowest BCUT2D eigenvalue weighted by molar-refractivity contribution is 0.0224. The first-order valence-corrected chi connectivity index (χ1v) is 11.8. The summed E-state index contributed by atoms with van der Waals surface area (Å²) in [5.74, 6) is 0.568. The van der Waals surface area contributed by atoms with Gasteiger partial charge in [0.05, 0.1) is 18.3 Å². The van der Waals surface area contributed by atoms with Crippen LogP contribution in [0, 0.1) is 10.8 Å². The van der Waals surface area contributed by atoms with Crippen LogP contribution in [0.1, 0.15) is 72.1 Å². The number of rotatable bonds is 4. The molecule has 10 nitrogen and oxygen atoms in total. The molecule has 3 rings (SSSR count). The zero-order valence-electron chi connectivity index (χ0n) is 21.4. The second-order valence-corrected chi connectivity index (χ2v) is 11.8. The maximum Gasteiger partial charge on any atom is 0.410 e. The van der Waals surface area contributed by atoms with E-state index in [9.17, 15) is 14.4 Å². The largest absolute Gasteiger partial charge is 0.444 e. The van der Waals surface area contributed by atoms with Gasteiger partial charge in [0.1, 0.15) is 11.4 Å². The second-order valence-electron chi connectivity index (χ2n) is 11.8. The van der Waals surface area contributed by atoms with Crippen molar-refractivity contribution in [2.45, 2.75) is 85.4 Å². The predicted molar refractivity (Wildman–Crippen MR) is 128 cm³/mol. The summed E-state index contributed by atoms with van der Waals surface area (Å²) in [4.78, 5) is 41.8. The van der Waals surface area contributed by atoms with E-state index in [1.165, 1.54) is 0 Å². The maximum absolute atomic E-state index is 12.9. The third-order valence-electron chi connectivity index (χ3n) is 6.41. The van der Waals surface area contributed by atoms with Crippen molar-refractivity contribution < 1.29 is 19.1 Å². The Bertz CT molecular complexity index is 988. The normalized spacial score (nSPS) is 24.0. The highest BCUT2D eigenvalue weighted by atomic mass is 16.6. The Hall–Kier alpha value is -2.87. The van der Waals surface area contributed by atoms with Gasteiger partial charge >= 0.3 is 12.1 Å². The van der Waals surface area contributed by atoms with Crippen LogP contribution in [0.5, 0.6) is 0 Å². The fourth-order valence-corrected chi connectivity index (χ4v) is 5.46. The highest BCUT2D eigenvalue weighted by Crippen LogP contribution is 2.46. The summed E-state index contributed by atoms with van der Waals surface area (Å²) < 4.78 is 7.15. The summed E-state index contributed by atoms with van der Waals surface area (Å²) in [5.41, 5.74) is 0.937. The minimum absolute atomic E-state index is 0.0163. The van der Waals surface area contributed by atoms with Crippen LogP contribution in [0.15, 0.2) is 4.99 Å². The third kappa shape index (κ3) is 6.38. The van der Waals surface area contributed by atoms with E-state index in [4.69, 9.17) is 4.74 Å². The smallest absolute Gasteiger partial charge is 0.410 e. The number of aromatic nitrogens is 2. The van der Waals surface area contributed by atoms with E-state index in [1.54, 1.807) is 22.7 Å². The molecule has 2 unspecified atom stereocenters. The van der Waals surface area contributed by atoms with Crippen LogP contribution >= 0.6 is 0 Å². The number of carbonyl (C=O) groups is 2. The molecule has 0 bridgehead atoms. The van der Waals surface area contributed by atoms with Crippen LogP contribution in [0.2, 0.25) is 0 Å². The van der Waals surface area contributed by atoms with Gasteiger partial charge in [0.15, 0.2) is 0 Å². The first-order chi connectivity index (χ1) is 15.7. The lowest BCUT2D eigenvalue weighted by atomic mass is 9.63. The molecule has 2 aliphatic rings. The quantitative estimate of drug-likeness (QED) is 0.509. The minimum Gasteiger partial charge on any atom is -0.444 e. The topological polar surface area (TPSA) is 118 Å². The Morgan fingerprint density at radius 1 is 1.26 bits per heavy atom. The van der Waals surface area contributed by atoms with Crippen molar-refractivity contribution in [3.8, 4) is 0 Å². The summed E-state index contributed by atoms with van der Waals surface area (Å²) in [5, 5.41) is 10.5. The molecule has 34 heavy (non-hydrogen) atoms. The number of urea groups is 1. The van der Waals surface area contributed by atoms with Crippen molar-refractivity contribution in [3.05, 3.63) is 11.3 Å². The Labute approximate surface area is 201 Å². The van der Waals surface area contributed by atoms with Gasteiger partial charge in [-0.1, -0.05) is 20.8 Å². The first-order valence-electron chi connectivity index (χ1n) is 11.8. The van der Waals surface area contributed by atoms with Crippen LogP contribution in [-0.2, 0) is 29.5 Å². The molecule has 1 saturated carbocycles. The number of hydrogen-bond acceptors (Lipinski definition) is 6. The summed E-state index contributed by atoms with van der Waals surface area (Å²) in [6.07, 6.45) is 4.38. The van der Waals surface area contributed by atoms with Crippen molar-refractivity contribution >= 4 is 24.0 Å². The standard InChI is InChI=1S/C24H38N6O4/c1-22(2,3)34-21(33)30-9-8-18-17(12-30)19(29(7)28-18)27-20(32)25-14-24(6)11-16(26-15-31)10-23(4,5)13-24/h16H,8-14H2,1-7H3,(H2,25,27,32). The Balaban J connectivity index is 1.66. The fraction of sp³-hybridized carbons (Fsp3) is 0.750. The molecule has 1 aromatic heterocycles. The predicted octanol–water partition coefficient (Wildman–Crippen LogP) is 3.76. The number of ether oxygens (including phenoxy) is 1. The highest BCUT2D eigenvalue weighted by Gasteiger charge is 2.41. The summed E-state index contributed by atoms with van der Waals surface area (Å²) in [6.45, 7) is 13.2. The maximum atomic E-state index is 12.9. The van der Waals surface area contributed by atoms with Crippen molar-refractivity contribution in [1.82, 2.24) is 20.0 Å². The van der Waals surface area contributed by atoms with Crippen LogP contribution in [-0.4, -0.2) is 57.6 Å². The van der Waals surface area contributed by atoms with Crippen LogP contribution < -0.4 is 10.6 Å². The summed E-state index contributed by atoms with van der Waals surface area (Å²) >= 11 is 0. The number of carbonyl (C=O) groups excluding carboxylic acids is 3. The van der Waals surface area contributed by atoms with Gasteiger partial charge in [-0.15, -0.1) is 0 Å². The van der Waals surface area contributed by atoms with Gasteiger partial charge in [0, 0.05) is 32.1 Å². The molecule has 188 valence electrons. The molecule has 1 aliphatic carbocycles. The van der Waals surface area contributed by atoms with Crippen LogP contribution in [0.3, 0.4) is 0 Å². The molecule has 0 radical (unpaired) electrons. The molecular weight excluding hydrogens is 436 g/mol. The molecule has 3 amide bonds. The molecule has 2 N–H and O–H groups in total. The van der Waals surface area contributed by atoms with Gasteiger partial charge in [-0.25, -0.2) is 19.4 Å². The Morgan fingerprint density at radius 2 is 1.97 bits per heavy atom. The molecule has 1 fully saturated rings. The van der Waals surface area contributed by atoms with E-state index < -0.39 is 5.60 Å². The van der Waals surface area contributed by atoms with E-state index >= 15 is 0 Å². The number of isocyanates is 1. The van der Waals surface area contributed by atoms with Crippen molar-refractivity contribution in [1.29, 1.82) is 0 Å². The average Bonchev–Trinajstić information content (AvgIpc) is 2.98. The molecule has 1 aromatic rings. The summed E-state index contributed by atoms with van der Waals surface area (Å²) in [6, 6.07) is -0.417. The SMILES string of the molecule is Cn1nc2c(c1NC(=O)NCC1(C)CC(N=C=O)CC(C)(C)C1)CN(C(=O)OC(C)(C)C)CC2. The third-order valence-corrected chi connectivity index (χ3v) is 6.41. The second kappa shape index (κ2) is 9.41. The molecule has 1 aliphatic heterocycles. The molecule has 0 saturated heterocycles. The van der Waals surface area contributed by atoms with Crippen LogP contribution in [0.25, 0.3) is 0 Å². The lowest BCUT2D eigenvalue weighted by Crippen LogP contribution is -2.45. The summed E-state index contributed by atoms with van der Waals surface area (Å²) in [7, 11) is 1.78. The van der Waals surface area contributed by atoms with E-state index in [0.717, 1.165) is 30.5 Å². The lowest BCUT2D eigenvalue weighted by Gasteiger charge is -2.45. The number of amides is 3. The van der Waals surface area contributed by atoms with Crippen molar-refractivity contribution in [2.75, 3.05) is 18.4 Å². The zero-order chi connectivity index (χ0) is 25.3. The van der Waals surface area contributed by atoms with Gasteiger partial charge in [0.2, 0.25) is 6.08 Å². The number of nitrogens with one attached hydrogen (secondary N) is 2. The van der Waals surface area contributed by atoms with E-state index in [1.807, 2.05) is 20.8 Å². The zero-order valence-corrected chi connectivity index (χ0v) is 21.4. The van der Waals surface area contributed by atoms with Crippen molar-refractivity contribution in [3.63, 3.8) is 0 Å². The Kier molecular flexibility index (Phi) is 7.12. The Morgan fingerprint density at radius 3 is 2.62 bits per heavy atom. The van der Waals surface area contributed by atoms with E-state index in [-0.39, 0.29) is 29.0 Å². The number of hydrogen-bond donors (Lipinski definition) is 2. The first kappa shape index (κ1) is 25.7. The number of fused-ring (bicyclic) bond motifs is 1. The molecular formula is C24H38N6O4. The monoisotopic (exact) mass is 474 g/mol. The average molecular weight is 475 g/mol. The minimum atomic E-state index is -0.576. The van der Waals surface area contributed by atoms with E-state index in [0.29, 0.717) is 31.9 Å². The molecule has 2 heterocycles. The number of nitrogens with zero attached hydrogens (tertiary/aromatic N) is 4. The highest BCUT2D eigenvalue weighted by molar-refractivity contribution is 5.89. The van der Waals surface area contributed by atoms with Gasteiger partial charge in [-0.05, 0) is 50.9 Å². The number of anilines is 1. The van der Waals surface area contributed by atoms with Gasteiger partial charge in [0.25, 0.3) is 0 Å². The number of aryl methyl sites for hydroxylation is 1. The van der Waals surface area contributed by atoms with E-state index in [2.05, 4.69) is 41.5 Å². The molecule has 0 aromatic carbocycles. The number of aliphatic imine (C=N–C) groups is 1. The molecule has 0 spiro atoms. The van der Waals surface area contributed by atoms with Crippen molar-refractivity contribution in [2.24, 2.45) is 22.9 Å². The van der Waals surface area contributed by atoms with Gasteiger partial charge < -0.3 is 15.0 Å². The fourth-order valence-electron chi connectivity index (χ4n) is 5.46. The molecule has 10 heteroatoms. The van der Waals surface area contributed by atoms with Gasteiger partial charge in [-0.2, -0.15) is 5.10 Å². The van der Waals surface area contributed by atoms with Gasteiger partial charge in [-0.3, -0.25) is 10.00 Å².